The molecule has 35 heavy (non-hydrogen) atoms. The van der Waals surface area contributed by atoms with Crippen molar-refractivity contribution in [3.8, 4) is 0 Å². The van der Waals surface area contributed by atoms with E-state index >= 15 is 0 Å². The van der Waals surface area contributed by atoms with Crippen LogP contribution in [0.15, 0.2) is 54.7 Å². The van der Waals surface area contributed by atoms with Gasteiger partial charge in [0.25, 0.3) is 0 Å². The highest BCUT2D eigenvalue weighted by atomic mass is 19.1. The maximum Gasteiger partial charge on any atom is 0.242 e. The van der Waals surface area contributed by atoms with Gasteiger partial charge in [-0.15, -0.1) is 0 Å². The lowest BCUT2D eigenvalue weighted by Gasteiger charge is -2.30. The molecule has 1 N–H and O–H groups in total. The highest BCUT2D eigenvalue weighted by Crippen LogP contribution is 2.21. The second-order valence-corrected chi connectivity index (χ2v) is 10.5. The van der Waals surface area contributed by atoms with Crippen LogP contribution < -0.4 is 0 Å². The van der Waals surface area contributed by atoms with E-state index < -0.39 is 0 Å². The Balaban J connectivity index is 1.77. The zero-order valence-corrected chi connectivity index (χ0v) is 21.4. The van der Waals surface area contributed by atoms with Crippen LogP contribution in [0.5, 0.6) is 0 Å². The van der Waals surface area contributed by atoms with Gasteiger partial charge in [-0.3, -0.25) is 9.59 Å². The van der Waals surface area contributed by atoms with E-state index in [1.807, 2.05) is 45.2 Å². The van der Waals surface area contributed by atoms with E-state index in [2.05, 4.69) is 18.0 Å². The van der Waals surface area contributed by atoms with Crippen LogP contribution in [0.1, 0.15) is 58.1 Å². The van der Waals surface area contributed by atoms with Crippen molar-refractivity contribution in [1.82, 2.24) is 14.8 Å². The van der Waals surface area contributed by atoms with Gasteiger partial charge in [0.05, 0.1) is 6.54 Å². The van der Waals surface area contributed by atoms with Crippen LogP contribution in [0, 0.1) is 11.2 Å². The van der Waals surface area contributed by atoms with Gasteiger partial charge in [0.2, 0.25) is 11.8 Å². The predicted octanol–water partition coefficient (Wildman–Crippen LogP) is 5.94. The number of nitrogens with zero attached hydrogens (tertiary/aromatic N) is 2. The lowest BCUT2D eigenvalue weighted by molar-refractivity contribution is -0.142. The Morgan fingerprint density at radius 1 is 0.943 bits per heavy atom. The average molecular weight is 480 g/mol. The highest BCUT2D eigenvalue weighted by molar-refractivity contribution is 5.85. The number of carbonyl (C=O) groups excluding carboxylic acids is 2. The minimum absolute atomic E-state index is 0.0117. The van der Waals surface area contributed by atoms with Crippen molar-refractivity contribution in [2.75, 3.05) is 19.6 Å². The first-order valence-electron chi connectivity index (χ1n) is 12.5. The van der Waals surface area contributed by atoms with Crippen molar-refractivity contribution >= 4 is 22.7 Å². The van der Waals surface area contributed by atoms with Crippen molar-refractivity contribution in [1.29, 1.82) is 0 Å². The maximum absolute atomic E-state index is 13.5. The van der Waals surface area contributed by atoms with Crippen LogP contribution in [0.25, 0.3) is 10.9 Å². The molecule has 0 fully saturated rings. The first-order chi connectivity index (χ1) is 16.7. The molecule has 6 heteroatoms. The Labute approximate surface area is 208 Å². The fraction of sp³-hybridized carbons (Fsp3) is 0.448. The molecule has 3 aromatic rings. The molecule has 5 nitrogen and oxygen atoms in total. The number of rotatable bonds is 11. The maximum atomic E-state index is 13.5. The van der Waals surface area contributed by atoms with Gasteiger partial charge in [-0.05, 0) is 47.6 Å². The Hall–Kier alpha value is -3.15. The summed E-state index contributed by atoms with van der Waals surface area (Å²) in [7, 11) is 0. The minimum Gasteiger partial charge on any atom is -0.361 e. The molecule has 0 saturated carbocycles. The van der Waals surface area contributed by atoms with Gasteiger partial charge in [-0.2, -0.15) is 0 Å². The van der Waals surface area contributed by atoms with Gasteiger partial charge in [-0.1, -0.05) is 64.4 Å². The SMILES string of the molecule is CCCCN(CC(=O)N(CCc1c[nH]c2ccccc12)Cc1ccc(F)cc1)C(=O)CC(C)(C)C. The highest BCUT2D eigenvalue weighted by Gasteiger charge is 2.25. The van der Waals surface area contributed by atoms with Crippen molar-refractivity contribution in [2.45, 2.75) is 59.9 Å². The van der Waals surface area contributed by atoms with Crippen LogP contribution in [0.4, 0.5) is 4.39 Å². The third kappa shape index (κ3) is 7.94. The molecule has 0 atom stereocenters. The number of aromatic amines is 1. The van der Waals surface area contributed by atoms with Crippen LogP contribution in [0.2, 0.25) is 0 Å². The quantitative estimate of drug-likeness (QED) is 0.370. The summed E-state index contributed by atoms with van der Waals surface area (Å²) in [4.78, 5) is 33.3. The van der Waals surface area contributed by atoms with Gasteiger partial charge in [-0.25, -0.2) is 4.39 Å². The molecular weight excluding hydrogens is 441 g/mol. The molecule has 0 aliphatic rings. The molecule has 0 aliphatic carbocycles. The normalized spacial score (nSPS) is 11.6. The van der Waals surface area contributed by atoms with Crippen molar-refractivity contribution in [2.24, 2.45) is 5.41 Å². The summed E-state index contributed by atoms with van der Waals surface area (Å²) in [5.74, 6) is -0.380. The molecular formula is C29H38FN3O2. The van der Waals surface area contributed by atoms with Gasteiger partial charge in [0.1, 0.15) is 5.82 Å². The fourth-order valence-corrected chi connectivity index (χ4v) is 4.17. The zero-order chi connectivity index (χ0) is 25.4. The number of unbranched alkanes of at least 4 members (excludes halogenated alkanes) is 1. The molecule has 2 aromatic carbocycles. The molecule has 3 rings (SSSR count). The second-order valence-electron chi connectivity index (χ2n) is 10.5. The predicted molar refractivity (Wildman–Crippen MR) is 139 cm³/mol. The number of fused-ring (bicyclic) bond motifs is 1. The van der Waals surface area contributed by atoms with Crippen molar-refractivity contribution in [3.05, 3.63) is 71.7 Å². The molecule has 188 valence electrons. The monoisotopic (exact) mass is 479 g/mol. The second kappa shape index (κ2) is 12.0. The lowest BCUT2D eigenvalue weighted by Crippen LogP contribution is -2.44. The van der Waals surface area contributed by atoms with E-state index in [-0.39, 0.29) is 29.6 Å². The first-order valence-corrected chi connectivity index (χ1v) is 12.5. The van der Waals surface area contributed by atoms with Crippen LogP contribution in [-0.4, -0.2) is 46.2 Å². The van der Waals surface area contributed by atoms with E-state index in [1.165, 1.54) is 12.1 Å². The minimum atomic E-state index is -0.302. The number of benzene rings is 2. The number of nitrogens with one attached hydrogen (secondary N) is 1. The molecule has 1 heterocycles. The number of aromatic nitrogens is 1. The molecule has 0 radical (unpaired) electrons. The molecule has 1 aromatic heterocycles. The standard InChI is InChI=1S/C29H38FN3O2/c1-5-6-16-32(27(34)18-29(2,3)4)21-28(35)33(20-22-11-13-24(30)14-12-22)17-15-23-19-31-26-10-8-7-9-25(23)26/h7-14,19,31H,5-6,15-18,20-21H2,1-4H3. The summed E-state index contributed by atoms with van der Waals surface area (Å²) in [6.45, 7) is 9.69. The Bertz CT molecular complexity index is 1110. The number of hydrogen-bond acceptors (Lipinski definition) is 2. The van der Waals surface area contributed by atoms with Gasteiger partial charge >= 0.3 is 0 Å². The molecule has 0 spiro atoms. The number of para-hydroxylation sites is 1. The van der Waals surface area contributed by atoms with E-state index in [1.54, 1.807) is 21.9 Å². The summed E-state index contributed by atoms with van der Waals surface area (Å²) in [6.07, 6.45) is 4.88. The van der Waals surface area contributed by atoms with Gasteiger partial charge in [0, 0.05) is 43.2 Å². The fourth-order valence-electron chi connectivity index (χ4n) is 4.17. The first kappa shape index (κ1) is 26.5. The van der Waals surface area contributed by atoms with Gasteiger partial charge < -0.3 is 14.8 Å². The summed E-state index contributed by atoms with van der Waals surface area (Å²) in [6, 6.07) is 14.4. The third-order valence-corrected chi connectivity index (χ3v) is 6.11. The van der Waals surface area contributed by atoms with E-state index in [9.17, 15) is 14.0 Å². The average Bonchev–Trinajstić information content (AvgIpc) is 3.22. The Morgan fingerprint density at radius 2 is 1.66 bits per heavy atom. The number of carbonyl (C=O) groups is 2. The van der Waals surface area contributed by atoms with Crippen molar-refractivity contribution < 1.29 is 14.0 Å². The summed E-state index contributed by atoms with van der Waals surface area (Å²) >= 11 is 0. The Morgan fingerprint density at radius 3 is 2.34 bits per heavy atom. The summed E-state index contributed by atoms with van der Waals surface area (Å²) in [5, 5.41) is 1.15. The number of amides is 2. The van der Waals surface area contributed by atoms with Crippen molar-refractivity contribution in [3.63, 3.8) is 0 Å². The largest absolute Gasteiger partial charge is 0.361 e. The Kier molecular flexibility index (Phi) is 9.07. The van der Waals surface area contributed by atoms with Crippen LogP contribution in [-0.2, 0) is 22.6 Å². The number of H-pyrrole nitrogens is 1. The zero-order valence-electron chi connectivity index (χ0n) is 21.4. The number of hydrogen-bond donors (Lipinski definition) is 1. The van der Waals surface area contributed by atoms with Crippen LogP contribution in [0.3, 0.4) is 0 Å². The third-order valence-electron chi connectivity index (χ3n) is 6.11. The topological polar surface area (TPSA) is 56.4 Å². The molecule has 0 unspecified atom stereocenters. The molecule has 2 amide bonds. The summed E-state index contributed by atoms with van der Waals surface area (Å²) < 4.78 is 13.5. The van der Waals surface area contributed by atoms with E-state index in [0.717, 1.165) is 34.9 Å². The van der Waals surface area contributed by atoms with Crippen LogP contribution >= 0.6 is 0 Å². The van der Waals surface area contributed by atoms with Gasteiger partial charge in [0.15, 0.2) is 0 Å². The smallest absolute Gasteiger partial charge is 0.242 e. The number of halogens is 1. The summed E-state index contributed by atoms with van der Waals surface area (Å²) in [5.41, 5.74) is 2.93. The molecule has 0 saturated heterocycles. The molecule has 0 bridgehead atoms. The lowest BCUT2D eigenvalue weighted by atomic mass is 9.91. The van der Waals surface area contributed by atoms with E-state index in [0.29, 0.717) is 32.5 Å². The van der Waals surface area contributed by atoms with E-state index in [4.69, 9.17) is 0 Å². The molecule has 0 aliphatic heterocycles.